The number of carbonyl (C=O) groups excluding carboxylic acids is 1. The van der Waals surface area contributed by atoms with Crippen molar-refractivity contribution in [1.82, 2.24) is 14.8 Å². The Labute approximate surface area is 163 Å². The molecule has 0 saturated carbocycles. The molecule has 1 N–H and O–H groups in total. The lowest BCUT2D eigenvalue weighted by Crippen LogP contribution is -2.13. The van der Waals surface area contributed by atoms with Gasteiger partial charge in [0.05, 0.1) is 18.0 Å². The van der Waals surface area contributed by atoms with E-state index in [1.807, 2.05) is 47.1 Å². The Morgan fingerprint density at radius 2 is 1.93 bits per heavy atom. The fraction of sp³-hybridized carbons (Fsp3) is 0.227. The van der Waals surface area contributed by atoms with Gasteiger partial charge in [0.15, 0.2) is 11.5 Å². The Balaban J connectivity index is 1.84. The molecule has 28 heavy (non-hydrogen) atoms. The van der Waals surface area contributed by atoms with E-state index in [4.69, 9.17) is 9.72 Å². The summed E-state index contributed by atoms with van der Waals surface area (Å²) >= 11 is 0. The number of benzene rings is 2. The van der Waals surface area contributed by atoms with E-state index in [0.717, 1.165) is 27.7 Å². The quantitative estimate of drug-likeness (QED) is 0.558. The number of nitrogens with one attached hydrogen (secondary N) is 1. The van der Waals surface area contributed by atoms with Crippen LogP contribution in [-0.4, -0.2) is 27.8 Å². The van der Waals surface area contributed by atoms with Gasteiger partial charge < -0.3 is 10.1 Å². The molecule has 4 aromatic rings. The molecule has 2 aromatic heterocycles. The predicted octanol–water partition coefficient (Wildman–Crippen LogP) is 4.50. The van der Waals surface area contributed by atoms with E-state index in [1.165, 1.54) is 0 Å². The molecule has 0 unspecified atom stereocenters. The third-order valence-corrected chi connectivity index (χ3v) is 4.53. The minimum absolute atomic E-state index is 0.192. The molecule has 2 heterocycles. The lowest BCUT2D eigenvalue weighted by atomic mass is 10.1. The Bertz CT molecular complexity index is 1150. The highest BCUT2D eigenvalue weighted by Crippen LogP contribution is 2.28. The Morgan fingerprint density at radius 1 is 1.14 bits per heavy atom. The van der Waals surface area contributed by atoms with Crippen molar-refractivity contribution in [2.45, 2.75) is 20.4 Å². The molecule has 6 heteroatoms. The number of nitrogens with zero attached hydrogens (tertiary/aromatic N) is 3. The lowest BCUT2D eigenvalue weighted by molar-refractivity contribution is 0.102. The summed E-state index contributed by atoms with van der Waals surface area (Å²) in [6, 6.07) is 16.9. The van der Waals surface area contributed by atoms with Gasteiger partial charge in [-0.05, 0) is 42.3 Å². The maximum absolute atomic E-state index is 12.7. The van der Waals surface area contributed by atoms with E-state index in [1.54, 1.807) is 19.2 Å². The van der Waals surface area contributed by atoms with Crippen molar-refractivity contribution in [2.75, 3.05) is 12.4 Å². The summed E-state index contributed by atoms with van der Waals surface area (Å²) in [6.45, 7) is 4.97. The van der Waals surface area contributed by atoms with Crippen molar-refractivity contribution in [2.24, 2.45) is 5.92 Å². The molecule has 0 fully saturated rings. The Kier molecular flexibility index (Phi) is 4.69. The maximum atomic E-state index is 12.7. The molecule has 0 bridgehead atoms. The van der Waals surface area contributed by atoms with E-state index in [2.05, 4.69) is 24.3 Å². The molecular weight excluding hydrogens is 352 g/mol. The molecule has 0 radical (unpaired) electrons. The molecule has 4 rings (SSSR count). The minimum atomic E-state index is -0.192. The predicted molar refractivity (Wildman–Crippen MR) is 111 cm³/mol. The van der Waals surface area contributed by atoms with Crippen molar-refractivity contribution in [1.29, 1.82) is 0 Å². The highest BCUT2D eigenvalue weighted by atomic mass is 16.5. The van der Waals surface area contributed by atoms with Gasteiger partial charge in [-0.2, -0.15) is 5.10 Å². The van der Waals surface area contributed by atoms with Crippen LogP contribution in [0.25, 0.3) is 21.9 Å². The SMILES string of the molecule is COc1ccc2nc3c(cc2c1)c(NC(=O)c1ccccc1)nn3CC(C)C. The number of anilines is 1. The van der Waals surface area contributed by atoms with Crippen LogP contribution in [0.4, 0.5) is 5.82 Å². The first-order chi connectivity index (χ1) is 13.5. The Hall–Kier alpha value is -3.41. The van der Waals surface area contributed by atoms with Gasteiger partial charge in [-0.25, -0.2) is 9.67 Å². The van der Waals surface area contributed by atoms with Gasteiger partial charge in [-0.15, -0.1) is 0 Å². The first kappa shape index (κ1) is 18.0. The summed E-state index contributed by atoms with van der Waals surface area (Å²) < 4.78 is 7.19. The molecule has 1 amide bonds. The van der Waals surface area contributed by atoms with Crippen LogP contribution in [0, 0.1) is 5.92 Å². The first-order valence-corrected chi connectivity index (χ1v) is 9.27. The van der Waals surface area contributed by atoms with Crippen molar-refractivity contribution in [3.63, 3.8) is 0 Å². The van der Waals surface area contributed by atoms with Crippen LogP contribution in [0.3, 0.4) is 0 Å². The van der Waals surface area contributed by atoms with Crippen molar-refractivity contribution < 1.29 is 9.53 Å². The summed E-state index contributed by atoms with van der Waals surface area (Å²) in [7, 11) is 1.64. The molecule has 2 aromatic carbocycles. The molecular formula is C22H22N4O2. The second-order valence-electron chi connectivity index (χ2n) is 7.16. The van der Waals surface area contributed by atoms with Crippen LogP contribution in [0.1, 0.15) is 24.2 Å². The van der Waals surface area contributed by atoms with Gasteiger partial charge in [0.2, 0.25) is 0 Å². The van der Waals surface area contributed by atoms with E-state index in [-0.39, 0.29) is 5.91 Å². The summed E-state index contributed by atoms with van der Waals surface area (Å²) in [5, 5.41) is 9.34. The monoisotopic (exact) mass is 374 g/mol. The zero-order valence-electron chi connectivity index (χ0n) is 16.1. The van der Waals surface area contributed by atoms with Crippen molar-refractivity contribution >= 4 is 33.7 Å². The van der Waals surface area contributed by atoms with E-state index in [9.17, 15) is 4.79 Å². The van der Waals surface area contributed by atoms with Gasteiger partial charge in [-0.1, -0.05) is 32.0 Å². The van der Waals surface area contributed by atoms with Crippen LogP contribution in [0.5, 0.6) is 5.75 Å². The van der Waals surface area contributed by atoms with Crippen LogP contribution >= 0.6 is 0 Å². The van der Waals surface area contributed by atoms with Gasteiger partial charge in [0, 0.05) is 17.5 Å². The average molecular weight is 374 g/mol. The number of aromatic nitrogens is 3. The van der Waals surface area contributed by atoms with E-state index < -0.39 is 0 Å². The summed E-state index contributed by atoms with van der Waals surface area (Å²) in [5.41, 5.74) is 2.21. The van der Waals surface area contributed by atoms with Gasteiger partial charge in [0.25, 0.3) is 5.91 Å². The molecule has 0 aliphatic carbocycles. The van der Waals surface area contributed by atoms with Crippen LogP contribution in [0.15, 0.2) is 54.6 Å². The normalized spacial score (nSPS) is 11.3. The number of carbonyl (C=O) groups is 1. The summed E-state index contributed by atoms with van der Waals surface area (Å²) in [4.78, 5) is 17.5. The summed E-state index contributed by atoms with van der Waals surface area (Å²) in [5.74, 6) is 1.48. The fourth-order valence-corrected chi connectivity index (χ4v) is 3.20. The number of rotatable bonds is 5. The maximum Gasteiger partial charge on any atom is 0.256 e. The number of ether oxygens (including phenoxy) is 1. The number of methoxy groups -OCH3 is 1. The smallest absolute Gasteiger partial charge is 0.256 e. The standard InChI is InChI=1S/C22H22N4O2/c1-14(2)13-26-21-18(12-16-11-17(28-3)9-10-19(16)23-21)20(25-26)24-22(27)15-7-5-4-6-8-15/h4-12,14H,13H2,1-3H3,(H,24,25,27). The highest BCUT2D eigenvalue weighted by Gasteiger charge is 2.17. The fourth-order valence-electron chi connectivity index (χ4n) is 3.20. The molecule has 0 atom stereocenters. The zero-order valence-corrected chi connectivity index (χ0v) is 16.1. The van der Waals surface area contributed by atoms with Crippen LogP contribution in [0.2, 0.25) is 0 Å². The summed E-state index contributed by atoms with van der Waals surface area (Å²) in [6.07, 6.45) is 0. The van der Waals surface area contributed by atoms with Crippen LogP contribution < -0.4 is 10.1 Å². The van der Waals surface area contributed by atoms with Crippen molar-refractivity contribution in [3.8, 4) is 5.75 Å². The second-order valence-corrected chi connectivity index (χ2v) is 7.16. The zero-order chi connectivity index (χ0) is 19.7. The number of amides is 1. The molecule has 0 spiro atoms. The van der Waals surface area contributed by atoms with Gasteiger partial charge >= 0.3 is 0 Å². The van der Waals surface area contributed by atoms with E-state index >= 15 is 0 Å². The van der Waals surface area contributed by atoms with Gasteiger partial charge in [0.1, 0.15) is 5.75 Å². The molecule has 6 nitrogen and oxygen atoms in total. The lowest BCUT2D eigenvalue weighted by Gasteiger charge is -2.06. The first-order valence-electron chi connectivity index (χ1n) is 9.27. The third kappa shape index (κ3) is 3.41. The Morgan fingerprint density at radius 3 is 2.64 bits per heavy atom. The highest BCUT2D eigenvalue weighted by molar-refractivity contribution is 6.08. The van der Waals surface area contributed by atoms with Gasteiger partial charge in [-0.3, -0.25) is 4.79 Å². The van der Waals surface area contributed by atoms with E-state index in [0.29, 0.717) is 23.8 Å². The molecule has 0 aliphatic rings. The average Bonchev–Trinajstić information content (AvgIpc) is 3.02. The number of hydrogen-bond donors (Lipinski definition) is 1. The topological polar surface area (TPSA) is 69.0 Å². The third-order valence-electron chi connectivity index (χ3n) is 4.53. The second kappa shape index (κ2) is 7.31. The minimum Gasteiger partial charge on any atom is -0.497 e. The van der Waals surface area contributed by atoms with Crippen LogP contribution in [-0.2, 0) is 6.54 Å². The molecule has 0 saturated heterocycles. The largest absolute Gasteiger partial charge is 0.497 e. The number of hydrogen-bond acceptors (Lipinski definition) is 4. The molecule has 142 valence electrons. The molecule has 0 aliphatic heterocycles. The number of pyridine rings is 1. The number of fused-ring (bicyclic) bond motifs is 2. The van der Waals surface area contributed by atoms with Crippen molar-refractivity contribution in [3.05, 3.63) is 60.2 Å².